The molecule has 1 aromatic heterocycles. The molecule has 1 amide bonds. The van der Waals surface area contributed by atoms with Gasteiger partial charge in [0.1, 0.15) is 11.6 Å². The first-order chi connectivity index (χ1) is 14.1. The van der Waals surface area contributed by atoms with Crippen LogP contribution in [-0.4, -0.2) is 33.5 Å². The molecule has 2 heterocycles. The molecule has 1 saturated heterocycles. The van der Waals surface area contributed by atoms with Crippen LogP contribution in [0.5, 0.6) is 5.75 Å². The van der Waals surface area contributed by atoms with Gasteiger partial charge in [-0.3, -0.25) is 4.79 Å². The Bertz CT molecular complexity index is 1020. The number of amides is 1. The lowest BCUT2D eigenvalue weighted by atomic mass is 10.1. The highest BCUT2D eigenvalue weighted by Crippen LogP contribution is 2.33. The average Bonchev–Trinajstić information content (AvgIpc) is 3.33. The average molecular weight is 392 g/mol. The summed E-state index contributed by atoms with van der Waals surface area (Å²) in [5.74, 6) is 2.09. The van der Waals surface area contributed by atoms with Crippen molar-refractivity contribution in [3.63, 3.8) is 0 Å². The number of imidazole rings is 1. The first-order valence-electron chi connectivity index (χ1n) is 10.5. The van der Waals surface area contributed by atoms with Crippen LogP contribution in [0.1, 0.15) is 49.2 Å². The first kappa shape index (κ1) is 19.5. The van der Waals surface area contributed by atoms with Gasteiger partial charge in [-0.1, -0.05) is 24.3 Å². The predicted molar refractivity (Wildman–Crippen MR) is 115 cm³/mol. The van der Waals surface area contributed by atoms with Crippen molar-refractivity contribution in [2.45, 2.75) is 52.6 Å². The van der Waals surface area contributed by atoms with Gasteiger partial charge in [0, 0.05) is 20.0 Å². The molecule has 4 rings (SSSR count). The van der Waals surface area contributed by atoms with Crippen LogP contribution in [0.25, 0.3) is 11.0 Å². The van der Waals surface area contributed by atoms with Gasteiger partial charge in [0.25, 0.3) is 0 Å². The van der Waals surface area contributed by atoms with Crippen molar-refractivity contribution in [2.24, 2.45) is 0 Å². The molecule has 1 aliphatic heterocycles. The second-order valence-corrected chi connectivity index (χ2v) is 7.88. The Morgan fingerprint density at radius 3 is 2.83 bits per heavy atom. The van der Waals surface area contributed by atoms with E-state index < -0.39 is 0 Å². The van der Waals surface area contributed by atoms with Crippen LogP contribution in [0.15, 0.2) is 42.5 Å². The van der Waals surface area contributed by atoms with Crippen LogP contribution in [0.2, 0.25) is 0 Å². The van der Waals surface area contributed by atoms with Crippen molar-refractivity contribution in [3.8, 4) is 5.75 Å². The number of ether oxygens (including phenoxy) is 1. The number of nitrogens with zero attached hydrogens (tertiary/aromatic N) is 3. The predicted octanol–water partition coefficient (Wildman–Crippen LogP) is 4.81. The van der Waals surface area contributed by atoms with Gasteiger partial charge >= 0.3 is 0 Å². The van der Waals surface area contributed by atoms with Crippen LogP contribution < -0.4 is 4.74 Å². The molecule has 0 spiro atoms. The molecule has 0 aliphatic carbocycles. The van der Waals surface area contributed by atoms with E-state index >= 15 is 0 Å². The fraction of sp³-hybridized carbons (Fsp3) is 0.417. The SMILES string of the molecule is CC(=O)N1CCC[C@H]1c1nc2ccccc2n1CCCOc1cccc(C)c1C. The van der Waals surface area contributed by atoms with Gasteiger partial charge in [-0.05, 0) is 62.4 Å². The Morgan fingerprint density at radius 1 is 1.17 bits per heavy atom. The summed E-state index contributed by atoms with van der Waals surface area (Å²) < 4.78 is 8.34. The van der Waals surface area contributed by atoms with E-state index in [0.717, 1.165) is 55.0 Å². The summed E-state index contributed by atoms with van der Waals surface area (Å²) in [5.41, 5.74) is 4.57. The van der Waals surface area contributed by atoms with Crippen molar-refractivity contribution >= 4 is 16.9 Å². The number of carbonyl (C=O) groups excluding carboxylic acids is 1. The third kappa shape index (κ3) is 3.86. The molecule has 1 aliphatic rings. The summed E-state index contributed by atoms with van der Waals surface area (Å²) in [7, 11) is 0. The summed E-state index contributed by atoms with van der Waals surface area (Å²) in [5, 5.41) is 0. The van der Waals surface area contributed by atoms with Crippen molar-refractivity contribution in [1.29, 1.82) is 0 Å². The van der Waals surface area contributed by atoms with E-state index in [-0.39, 0.29) is 11.9 Å². The summed E-state index contributed by atoms with van der Waals surface area (Å²) >= 11 is 0. The number of carbonyl (C=O) groups is 1. The molecule has 1 atom stereocenters. The molecule has 3 aromatic rings. The van der Waals surface area contributed by atoms with Gasteiger partial charge in [0.05, 0.1) is 23.7 Å². The highest BCUT2D eigenvalue weighted by atomic mass is 16.5. The van der Waals surface area contributed by atoms with Gasteiger partial charge in [-0.15, -0.1) is 0 Å². The van der Waals surface area contributed by atoms with E-state index in [9.17, 15) is 4.79 Å². The van der Waals surface area contributed by atoms with Gasteiger partial charge in [-0.25, -0.2) is 4.98 Å². The monoisotopic (exact) mass is 391 g/mol. The summed E-state index contributed by atoms with van der Waals surface area (Å²) in [6.45, 7) is 8.15. The molecule has 0 bridgehead atoms. The Balaban J connectivity index is 1.53. The third-order valence-corrected chi connectivity index (χ3v) is 5.98. The lowest BCUT2D eigenvalue weighted by molar-refractivity contribution is -0.129. The lowest BCUT2D eigenvalue weighted by Gasteiger charge is -2.24. The van der Waals surface area contributed by atoms with Gasteiger partial charge < -0.3 is 14.2 Å². The molecule has 29 heavy (non-hydrogen) atoms. The largest absolute Gasteiger partial charge is 0.493 e. The molecule has 0 radical (unpaired) electrons. The first-order valence-corrected chi connectivity index (χ1v) is 10.5. The number of para-hydroxylation sites is 2. The maximum Gasteiger partial charge on any atom is 0.220 e. The highest BCUT2D eigenvalue weighted by molar-refractivity contribution is 5.77. The van der Waals surface area contributed by atoms with Crippen LogP contribution in [-0.2, 0) is 11.3 Å². The standard InChI is InChI=1S/C24H29N3O2/c1-17-9-6-13-23(18(17)2)29-16-8-15-27-21-11-5-4-10-20(21)25-24(27)22-12-7-14-26(22)19(3)28/h4-6,9-11,13,22H,7-8,12,14-16H2,1-3H3/t22-/m0/s1. The number of likely N-dealkylation sites (tertiary alicyclic amines) is 1. The fourth-order valence-electron chi connectivity index (χ4n) is 4.28. The maximum absolute atomic E-state index is 12.1. The minimum Gasteiger partial charge on any atom is -0.493 e. The number of aryl methyl sites for hydroxylation is 2. The smallest absolute Gasteiger partial charge is 0.220 e. The number of benzene rings is 2. The lowest BCUT2D eigenvalue weighted by Crippen LogP contribution is -2.30. The van der Waals surface area contributed by atoms with Crippen LogP contribution >= 0.6 is 0 Å². The summed E-state index contributed by atoms with van der Waals surface area (Å²) in [6.07, 6.45) is 2.89. The van der Waals surface area contributed by atoms with Gasteiger partial charge in [0.15, 0.2) is 0 Å². The summed E-state index contributed by atoms with van der Waals surface area (Å²) in [6, 6.07) is 14.5. The molecule has 0 saturated carbocycles. The van der Waals surface area contributed by atoms with Crippen molar-refractivity contribution < 1.29 is 9.53 Å². The molecule has 5 nitrogen and oxygen atoms in total. The number of aromatic nitrogens is 2. The van der Waals surface area contributed by atoms with Crippen LogP contribution in [0, 0.1) is 13.8 Å². The number of rotatable bonds is 6. The van der Waals surface area contributed by atoms with E-state index in [2.05, 4.69) is 36.6 Å². The van der Waals surface area contributed by atoms with E-state index in [4.69, 9.17) is 9.72 Å². The minimum atomic E-state index is 0.0693. The van der Waals surface area contributed by atoms with Gasteiger partial charge in [0.2, 0.25) is 5.91 Å². The fourth-order valence-corrected chi connectivity index (χ4v) is 4.28. The van der Waals surface area contributed by atoms with Crippen molar-refractivity contribution in [1.82, 2.24) is 14.5 Å². The van der Waals surface area contributed by atoms with Crippen molar-refractivity contribution in [3.05, 3.63) is 59.4 Å². The Morgan fingerprint density at radius 2 is 2.00 bits per heavy atom. The van der Waals surface area contributed by atoms with Crippen molar-refractivity contribution in [2.75, 3.05) is 13.2 Å². The number of hydrogen-bond donors (Lipinski definition) is 0. The third-order valence-electron chi connectivity index (χ3n) is 5.98. The van der Waals surface area contributed by atoms with E-state index in [1.807, 2.05) is 29.2 Å². The van der Waals surface area contributed by atoms with Gasteiger partial charge in [-0.2, -0.15) is 0 Å². The van der Waals surface area contributed by atoms with E-state index in [0.29, 0.717) is 6.61 Å². The Kier molecular flexibility index (Phi) is 5.56. The Labute approximate surface area is 172 Å². The molecule has 5 heteroatoms. The Hall–Kier alpha value is -2.82. The molecule has 2 aromatic carbocycles. The number of hydrogen-bond acceptors (Lipinski definition) is 3. The maximum atomic E-state index is 12.1. The normalized spacial score (nSPS) is 16.5. The van der Waals surface area contributed by atoms with Crippen LogP contribution in [0.3, 0.4) is 0 Å². The summed E-state index contributed by atoms with van der Waals surface area (Å²) in [4.78, 5) is 19.0. The molecular weight excluding hydrogens is 362 g/mol. The quantitative estimate of drug-likeness (QED) is 0.567. The minimum absolute atomic E-state index is 0.0693. The van der Waals surface area contributed by atoms with Crippen LogP contribution in [0.4, 0.5) is 0 Å². The zero-order valence-electron chi connectivity index (χ0n) is 17.5. The number of fused-ring (bicyclic) bond motifs is 1. The van der Waals surface area contributed by atoms with E-state index in [1.165, 1.54) is 11.1 Å². The second kappa shape index (κ2) is 8.27. The second-order valence-electron chi connectivity index (χ2n) is 7.88. The zero-order chi connectivity index (χ0) is 20.4. The zero-order valence-corrected chi connectivity index (χ0v) is 17.5. The molecule has 0 N–H and O–H groups in total. The molecule has 1 fully saturated rings. The topological polar surface area (TPSA) is 47.4 Å². The molecule has 0 unspecified atom stereocenters. The molecular formula is C24H29N3O2. The van der Waals surface area contributed by atoms with E-state index in [1.54, 1.807) is 6.92 Å². The highest BCUT2D eigenvalue weighted by Gasteiger charge is 2.32. The molecule has 152 valence electrons.